The van der Waals surface area contributed by atoms with Crippen molar-refractivity contribution >= 4 is 10.9 Å². The van der Waals surface area contributed by atoms with Crippen LogP contribution in [0, 0.1) is 0 Å². The van der Waals surface area contributed by atoms with E-state index in [1.165, 1.54) is 16.6 Å². The van der Waals surface area contributed by atoms with Gasteiger partial charge in [0.05, 0.1) is 7.11 Å². The van der Waals surface area contributed by atoms with Crippen molar-refractivity contribution < 1.29 is 4.74 Å². The molecule has 0 atom stereocenters. The average molecular weight is 218 g/mol. The van der Waals surface area contributed by atoms with E-state index in [1.807, 2.05) is 6.07 Å². The van der Waals surface area contributed by atoms with Crippen LogP contribution in [0.1, 0.15) is 12.1 Å². The summed E-state index contributed by atoms with van der Waals surface area (Å²) < 4.78 is 7.45. The molecule has 3 nitrogen and oxygen atoms in total. The van der Waals surface area contributed by atoms with Gasteiger partial charge in [0.25, 0.3) is 0 Å². The van der Waals surface area contributed by atoms with Crippen LogP contribution in [0.15, 0.2) is 24.3 Å². The van der Waals surface area contributed by atoms with Crippen LogP contribution in [0.25, 0.3) is 10.9 Å². The lowest BCUT2D eigenvalue weighted by Gasteiger charge is -2.03. The molecule has 2 rings (SSSR count). The Morgan fingerprint density at radius 1 is 1.31 bits per heavy atom. The molecular formula is C13H18N2O. The summed E-state index contributed by atoms with van der Waals surface area (Å²) in [5.74, 6) is 0.906. The molecule has 1 heterocycles. The van der Waals surface area contributed by atoms with E-state index >= 15 is 0 Å². The summed E-state index contributed by atoms with van der Waals surface area (Å²) in [6.07, 6.45) is 2.06. The third-order valence-corrected chi connectivity index (χ3v) is 2.99. The van der Waals surface area contributed by atoms with Gasteiger partial charge in [-0.25, -0.2) is 0 Å². The monoisotopic (exact) mass is 218 g/mol. The molecule has 0 fully saturated rings. The van der Waals surface area contributed by atoms with Crippen molar-refractivity contribution in [1.29, 1.82) is 0 Å². The van der Waals surface area contributed by atoms with Gasteiger partial charge >= 0.3 is 0 Å². The van der Waals surface area contributed by atoms with E-state index in [2.05, 4.69) is 29.8 Å². The first-order valence-corrected chi connectivity index (χ1v) is 5.58. The van der Waals surface area contributed by atoms with E-state index in [1.54, 1.807) is 7.11 Å². The highest BCUT2D eigenvalue weighted by atomic mass is 16.5. The molecule has 0 bridgehead atoms. The van der Waals surface area contributed by atoms with Gasteiger partial charge in [-0.1, -0.05) is 0 Å². The minimum atomic E-state index is 0.741. The zero-order chi connectivity index (χ0) is 11.5. The SMILES string of the molecule is COc1ccc2c(c1)cc(CCCN)n2C. The zero-order valence-corrected chi connectivity index (χ0v) is 9.86. The Balaban J connectivity index is 2.41. The summed E-state index contributed by atoms with van der Waals surface area (Å²) in [7, 11) is 3.79. The van der Waals surface area contributed by atoms with Crippen LogP contribution in [0.4, 0.5) is 0 Å². The van der Waals surface area contributed by atoms with Gasteiger partial charge in [0, 0.05) is 23.6 Å². The van der Waals surface area contributed by atoms with Gasteiger partial charge in [0.2, 0.25) is 0 Å². The van der Waals surface area contributed by atoms with Crippen LogP contribution >= 0.6 is 0 Å². The molecule has 0 unspecified atom stereocenters. The Hall–Kier alpha value is -1.48. The van der Waals surface area contributed by atoms with Crippen molar-refractivity contribution in [3.63, 3.8) is 0 Å². The lowest BCUT2D eigenvalue weighted by atomic mass is 10.2. The molecule has 0 aliphatic rings. The van der Waals surface area contributed by atoms with Gasteiger partial charge in [-0.3, -0.25) is 0 Å². The molecule has 0 spiro atoms. The normalized spacial score (nSPS) is 10.9. The van der Waals surface area contributed by atoms with Gasteiger partial charge in [0.1, 0.15) is 5.75 Å². The molecule has 0 saturated carbocycles. The highest BCUT2D eigenvalue weighted by molar-refractivity contribution is 5.82. The number of benzene rings is 1. The van der Waals surface area contributed by atoms with Crippen LogP contribution in [-0.4, -0.2) is 18.2 Å². The molecule has 0 amide bonds. The predicted molar refractivity (Wildman–Crippen MR) is 66.8 cm³/mol. The zero-order valence-electron chi connectivity index (χ0n) is 9.86. The third kappa shape index (κ3) is 1.91. The van der Waals surface area contributed by atoms with Gasteiger partial charge < -0.3 is 15.0 Å². The average Bonchev–Trinajstić information content (AvgIpc) is 2.63. The number of aryl methyl sites for hydroxylation is 2. The molecule has 0 aliphatic carbocycles. The highest BCUT2D eigenvalue weighted by Gasteiger charge is 2.05. The first kappa shape index (κ1) is 11.0. The molecule has 2 aromatic rings. The smallest absolute Gasteiger partial charge is 0.119 e. The number of rotatable bonds is 4. The standard InChI is InChI=1S/C13H18N2O/c1-15-11(4-3-7-14)8-10-9-12(16-2)5-6-13(10)15/h5-6,8-9H,3-4,7,14H2,1-2H3. The van der Waals surface area contributed by atoms with Crippen LogP contribution in [0.3, 0.4) is 0 Å². The lowest BCUT2D eigenvalue weighted by Crippen LogP contribution is -2.03. The summed E-state index contributed by atoms with van der Waals surface area (Å²) in [5.41, 5.74) is 8.11. The van der Waals surface area contributed by atoms with Crippen LogP contribution in [0.5, 0.6) is 5.75 Å². The van der Waals surface area contributed by atoms with E-state index in [9.17, 15) is 0 Å². The van der Waals surface area contributed by atoms with Gasteiger partial charge in [-0.15, -0.1) is 0 Å². The van der Waals surface area contributed by atoms with Crippen molar-refractivity contribution in [2.75, 3.05) is 13.7 Å². The summed E-state index contributed by atoms with van der Waals surface area (Å²) in [6, 6.07) is 8.38. The Bertz CT molecular complexity index is 488. The second kappa shape index (κ2) is 4.58. The first-order chi connectivity index (χ1) is 7.76. The molecule has 3 heteroatoms. The number of aromatic nitrogens is 1. The van der Waals surface area contributed by atoms with Crippen molar-refractivity contribution in [3.05, 3.63) is 30.0 Å². The summed E-state index contributed by atoms with van der Waals surface area (Å²) in [6.45, 7) is 0.741. The van der Waals surface area contributed by atoms with Gasteiger partial charge in [0.15, 0.2) is 0 Å². The number of ether oxygens (including phenoxy) is 1. The number of nitrogens with two attached hydrogens (primary N) is 1. The molecule has 2 N–H and O–H groups in total. The van der Waals surface area contributed by atoms with Crippen LogP contribution in [0.2, 0.25) is 0 Å². The maximum Gasteiger partial charge on any atom is 0.119 e. The molecule has 0 aliphatic heterocycles. The van der Waals surface area contributed by atoms with Crippen LogP contribution in [-0.2, 0) is 13.5 Å². The number of hydrogen-bond acceptors (Lipinski definition) is 2. The maximum atomic E-state index is 5.54. The first-order valence-electron chi connectivity index (χ1n) is 5.58. The van der Waals surface area contributed by atoms with Crippen molar-refractivity contribution in [1.82, 2.24) is 4.57 Å². The largest absolute Gasteiger partial charge is 0.497 e. The van der Waals surface area contributed by atoms with E-state index < -0.39 is 0 Å². The molecule has 0 radical (unpaired) electrons. The summed E-state index contributed by atoms with van der Waals surface area (Å²) in [4.78, 5) is 0. The topological polar surface area (TPSA) is 40.2 Å². The summed E-state index contributed by atoms with van der Waals surface area (Å²) >= 11 is 0. The Morgan fingerprint density at radius 2 is 2.12 bits per heavy atom. The number of hydrogen-bond donors (Lipinski definition) is 1. The number of nitrogens with zero attached hydrogens (tertiary/aromatic N) is 1. The second-order valence-electron chi connectivity index (χ2n) is 4.01. The van der Waals surface area contributed by atoms with Crippen molar-refractivity contribution in [3.8, 4) is 5.75 Å². The fraction of sp³-hybridized carbons (Fsp3) is 0.385. The Kier molecular flexibility index (Phi) is 3.15. The molecule has 16 heavy (non-hydrogen) atoms. The second-order valence-corrected chi connectivity index (χ2v) is 4.01. The molecule has 1 aromatic heterocycles. The van der Waals surface area contributed by atoms with E-state index in [0.717, 1.165) is 25.1 Å². The highest BCUT2D eigenvalue weighted by Crippen LogP contribution is 2.24. The third-order valence-electron chi connectivity index (χ3n) is 2.99. The van der Waals surface area contributed by atoms with Crippen LogP contribution < -0.4 is 10.5 Å². The summed E-state index contributed by atoms with van der Waals surface area (Å²) in [5, 5.41) is 1.23. The lowest BCUT2D eigenvalue weighted by molar-refractivity contribution is 0.415. The minimum absolute atomic E-state index is 0.741. The molecule has 1 aromatic carbocycles. The Morgan fingerprint density at radius 3 is 2.81 bits per heavy atom. The Labute approximate surface area is 95.8 Å². The maximum absolute atomic E-state index is 5.54. The number of methoxy groups -OCH3 is 1. The predicted octanol–water partition coefficient (Wildman–Crippen LogP) is 2.08. The van der Waals surface area contributed by atoms with Crippen molar-refractivity contribution in [2.24, 2.45) is 12.8 Å². The van der Waals surface area contributed by atoms with E-state index in [4.69, 9.17) is 10.5 Å². The fourth-order valence-corrected chi connectivity index (χ4v) is 2.03. The fourth-order valence-electron chi connectivity index (χ4n) is 2.03. The van der Waals surface area contributed by atoms with Gasteiger partial charge in [-0.2, -0.15) is 0 Å². The molecule has 0 saturated heterocycles. The van der Waals surface area contributed by atoms with Gasteiger partial charge in [-0.05, 0) is 43.7 Å². The van der Waals surface area contributed by atoms with E-state index in [0.29, 0.717) is 0 Å². The minimum Gasteiger partial charge on any atom is -0.497 e. The molecular weight excluding hydrogens is 200 g/mol. The quantitative estimate of drug-likeness (QED) is 0.853. The number of fused-ring (bicyclic) bond motifs is 1. The van der Waals surface area contributed by atoms with Crippen molar-refractivity contribution in [2.45, 2.75) is 12.8 Å². The molecule has 86 valence electrons. The van der Waals surface area contributed by atoms with E-state index in [-0.39, 0.29) is 0 Å².